The van der Waals surface area contributed by atoms with Gasteiger partial charge in [0.2, 0.25) is 0 Å². The highest BCUT2D eigenvalue weighted by molar-refractivity contribution is 6.42. The zero-order valence-corrected chi connectivity index (χ0v) is 14.1. The number of rotatable bonds is 1. The van der Waals surface area contributed by atoms with E-state index in [0.717, 1.165) is 35.7 Å². The van der Waals surface area contributed by atoms with Crippen LogP contribution in [0.1, 0.15) is 17.3 Å². The van der Waals surface area contributed by atoms with Crippen LogP contribution in [-0.4, -0.2) is 35.9 Å². The lowest BCUT2D eigenvalue weighted by molar-refractivity contribution is 0.230. The number of hydrogen-bond donors (Lipinski definition) is 1. The van der Waals surface area contributed by atoms with E-state index in [0.29, 0.717) is 10.0 Å². The fraction of sp³-hybridized carbons (Fsp3) is 0.235. The zero-order valence-electron chi connectivity index (χ0n) is 12.6. The monoisotopic (exact) mass is 346 g/mol. The van der Waals surface area contributed by atoms with Crippen molar-refractivity contribution < 1.29 is 0 Å². The zero-order chi connectivity index (χ0) is 16.0. The fourth-order valence-electron chi connectivity index (χ4n) is 3.06. The van der Waals surface area contributed by atoms with Gasteiger partial charge in [-0.15, -0.1) is 0 Å². The predicted octanol–water partition coefficient (Wildman–Crippen LogP) is 4.03. The van der Waals surface area contributed by atoms with Gasteiger partial charge in [0.25, 0.3) is 0 Å². The number of para-hydroxylation sites is 1. The van der Waals surface area contributed by atoms with Crippen LogP contribution in [0.3, 0.4) is 0 Å². The van der Waals surface area contributed by atoms with Gasteiger partial charge in [0.05, 0.1) is 16.6 Å². The molecular formula is C17H16Cl2N4. The van der Waals surface area contributed by atoms with Crippen LogP contribution in [0, 0.1) is 0 Å². The van der Waals surface area contributed by atoms with Gasteiger partial charge < -0.3 is 10.2 Å². The molecule has 23 heavy (non-hydrogen) atoms. The Bertz CT molecular complexity index is 790. The van der Waals surface area contributed by atoms with Crippen molar-refractivity contribution in [3.63, 3.8) is 0 Å². The SMILES string of the molecule is CN1CCN2C(=N1)c1ccccc1NC2c1ccc(Cl)c(Cl)c1. The molecule has 2 aromatic rings. The second kappa shape index (κ2) is 5.62. The first-order chi connectivity index (χ1) is 11.1. The first kappa shape index (κ1) is 14.7. The van der Waals surface area contributed by atoms with Gasteiger partial charge in [-0.1, -0.05) is 41.4 Å². The van der Waals surface area contributed by atoms with Crippen LogP contribution in [0.5, 0.6) is 0 Å². The Kier molecular flexibility index (Phi) is 3.58. The molecule has 0 fully saturated rings. The van der Waals surface area contributed by atoms with Crippen LogP contribution in [0.4, 0.5) is 5.69 Å². The molecular weight excluding hydrogens is 331 g/mol. The Morgan fingerprint density at radius 1 is 1.09 bits per heavy atom. The van der Waals surface area contributed by atoms with Crippen LogP contribution >= 0.6 is 23.2 Å². The third-order valence-electron chi connectivity index (χ3n) is 4.23. The molecule has 4 nitrogen and oxygen atoms in total. The van der Waals surface area contributed by atoms with Gasteiger partial charge in [0.1, 0.15) is 6.17 Å². The Labute approximate surface area is 145 Å². The lowest BCUT2D eigenvalue weighted by Crippen LogP contribution is -2.49. The molecule has 1 atom stereocenters. The normalized spacial score (nSPS) is 19.6. The van der Waals surface area contributed by atoms with E-state index < -0.39 is 0 Å². The van der Waals surface area contributed by atoms with Gasteiger partial charge >= 0.3 is 0 Å². The minimum atomic E-state index is -0.00730. The second-order valence-electron chi connectivity index (χ2n) is 5.76. The number of hydrazone groups is 1. The van der Waals surface area contributed by atoms with Gasteiger partial charge in [-0.25, -0.2) is 0 Å². The summed E-state index contributed by atoms with van der Waals surface area (Å²) in [6, 6.07) is 14.0. The van der Waals surface area contributed by atoms with Gasteiger partial charge in [-0.05, 0) is 29.8 Å². The van der Waals surface area contributed by atoms with Gasteiger partial charge in [-0.2, -0.15) is 5.10 Å². The molecule has 4 rings (SSSR count). The first-order valence-corrected chi connectivity index (χ1v) is 8.26. The van der Waals surface area contributed by atoms with E-state index >= 15 is 0 Å². The second-order valence-corrected chi connectivity index (χ2v) is 6.58. The summed E-state index contributed by atoms with van der Waals surface area (Å²) in [4.78, 5) is 2.28. The third-order valence-corrected chi connectivity index (χ3v) is 4.97. The van der Waals surface area contributed by atoms with Crippen LogP contribution in [-0.2, 0) is 0 Å². The summed E-state index contributed by atoms with van der Waals surface area (Å²) >= 11 is 12.3. The Morgan fingerprint density at radius 3 is 2.74 bits per heavy atom. The molecule has 0 amide bonds. The summed E-state index contributed by atoms with van der Waals surface area (Å²) < 4.78 is 0. The van der Waals surface area contributed by atoms with Crippen LogP contribution < -0.4 is 5.32 Å². The van der Waals surface area contributed by atoms with Crippen molar-refractivity contribution in [3.05, 3.63) is 63.6 Å². The average Bonchev–Trinajstić information content (AvgIpc) is 2.56. The number of nitrogens with one attached hydrogen (secondary N) is 1. The molecule has 1 unspecified atom stereocenters. The summed E-state index contributed by atoms with van der Waals surface area (Å²) in [5.41, 5.74) is 3.27. The maximum atomic E-state index is 6.21. The lowest BCUT2D eigenvalue weighted by atomic mass is 10.0. The lowest BCUT2D eigenvalue weighted by Gasteiger charge is -2.43. The minimum Gasteiger partial charge on any atom is -0.361 e. The van der Waals surface area contributed by atoms with E-state index in [1.165, 1.54) is 0 Å². The van der Waals surface area contributed by atoms with E-state index in [4.69, 9.17) is 28.3 Å². The smallest absolute Gasteiger partial charge is 0.160 e. The van der Waals surface area contributed by atoms with Crippen LogP contribution in [0.2, 0.25) is 10.0 Å². The van der Waals surface area contributed by atoms with Crippen LogP contribution in [0.25, 0.3) is 0 Å². The predicted molar refractivity (Wildman–Crippen MR) is 95.1 cm³/mol. The quantitative estimate of drug-likeness (QED) is 0.845. The number of hydrogen-bond acceptors (Lipinski definition) is 4. The van der Waals surface area contributed by atoms with Crippen molar-refractivity contribution in [2.24, 2.45) is 5.10 Å². The van der Waals surface area contributed by atoms with Crippen molar-refractivity contribution in [1.29, 1.82) is 0 Å². The standard InChI is InChI=1S/C17H16Cl2N4/c1-22-8-9-23-16(11-6-7-13(18)14(19)10-11)20-15-5-3-2-4-12(15)17(23)21-22/h2-7,10,16,20H,8-9H2,1H3. The van der Waals surface area contributed by atoms with Crippen molar-refractivity contribution >= 4 is 34.7 Å². The number of fused-ring (bicyclic) bond motifs is 3. The molecule has 0 spiro atoms. The summed E-state index contributed by atoms with van der Waals surface area (Å²) in [5.74, 6) is 0.990. The van der Waals surface area contributed by atoms with Gasteiger partial charge in [0.15, 0.2) is 5.84 Å². The molecule has 1 N–H and O–H groups in total. The molecule has 6 heteroatoms. The topological polar surface area (TPSA) is 30.9 Å². The molecule has 0 aromatic heterocycles. The summed E-state index contributed by atoms with van der Waals surface area (Å²) in [6.45, 7) is 1.77. The minimum absolute atomic E-state index is 0.00730. The van der Waals surface area contributed by atoms with Gasteiger partial charge in [-0.3, -0.25) is 5.01 Å². The third kappa shape index (κ3) is 2.52. The number of halogens is 2. The van der Waals surface area contributed by atoms with E-state index in [1.54, 1.807) is 0 Å². The Balaban J connectivity index is 1.83. The summed E-state index contributed by atoms with van der Waals surface area (Å²) in [7, 11) is 2.00. The number of amidine groups is 1. The average molecular weight is 347 g/mol. The van der Waals surface area contributed by atoms with E-state index in [-0.39, 0.29) is 6.17 Å². The van der Waals surface area contributed by atoms with Crippen molar-refractivity contribution in [2.45, 2.75) is 6.17 Å². The Morgan fingerprint density at radius 2 is 1.91 bits per heavy atom. The first-order valence-electron chi connectivity index (χ1n) is 7.51. The molecule has 2 aliphatic heterocycles. The van der Waals surface area contributed by atoms with E-state index in [9.17, 15) is 0 Å². The molecule has 0 saturated carbocycles. The van der Waals surface area contributed by atoms with Gasteiger partial charge in [0, 0.05) is 24.8 Å². The van der Waals surface area contributed by atoms with E-state index in [1.807, 2.05) is 42.4 Å². The number of nitrogens with zero attached hydrogens (tertiary/aromatic N) is 3. The molecule has 0 saturated heterocycles. The summed E-state index contributed by atoms with van der Waals surface area (Å²) in [6.07, 6.45) is -0.00730. The summed E-state index contributed by atoms with van der Waals surface area (Å²) in [5, 5.41) is 11.5. The van der Waals surface area contributed by atoms with Crippen molar-refractivity contribution in [1.82, 2.24) is 9.91 Å². The molecule has 2 aliphatic rings. The van der Waals surface area contributed by atoms with E-state index in [2.05, 4.69) is 22.3 Å². The molecule has 0 aliphatic carbocycles. The Hall–Kier alpha value is -1.91. The molecule has 118 valence electrons. The highest BCUT2D eigenvalue weighted by atomic mass is 35.5. The molecule has 0 radical (unpaired) electrons. The fourth-order valence-corrected chi connectivity index (χ4v) is 3.37. The van der Waals surface area contributed by atoms with Crippen LogP contribution in [0.15, 0.2) is 47.6 Å². The largest absolute Gasteiger partial charge is 0.361 e. The molecule has 2 aromatic carbocycles. The molecule has 0 bridgehead atoms. The van der Waals surface area contributed by atoms with Crippen molar-refractivity contribution in [3.8, 4) is 0 Å². The maximum Gasteiger partial charge on any atom is 0.160 e. The van der Waals surface area contributed by atoms with Crippen molar-refractivity contribution in [2.75, 3.05) is 25.5 Å². The number of benzene rings is 2. The number of anilines is 1. The molecule has 2 heterocycles. The highest BCUT2D eigenvalue weighted by Crippen LogP contribution is 2.36. The number of likely N-dealkylation sites (N-methyl/N-ethyl adjacent to an activating group) is 1. The highest BCUT2D eigenvalue weighted by Gasteiger charge is 2.33. The maximum absolute atomic E-state index is 6.21.